The molecule has 5 nitrogen and oxygen atoms in total. The van der Waals surface area contributed by atoms with Crippen molar-refractivity contribution in [2.75, 3.05) is 13.2 Å². The highest BCUT2D eigenvalue weighted by atomic mass is 32.1. The minimum Gasteiger partial charge on any atom is -0.376 e. The molecule has 0 aromatic carbocycles. The maximum Gasteiger partial charge on any atom is 0.170 e. The lowest BCUT2D eigenvalue weighted by Gasteiger charge is -2.29. The fourth-order valence-corrected chi connectivity index (χ4v) is 5.32. The van der Waals surface area contributed by atoms with E-state index >= 15 is 0 Å². The van der Waals surface area contributed by atoms with Crippen LogP contribution in [0.5, 0.6) is 0 Å². The molecule has 2 saturated heterocycles. The molecule has 2 aliphatic heterocycles. The highest BCUT2D eigenvalue weighted by Crippen LogP contribution is 2.40. The average molecular weight is 397 g/mol. The van der Waals surface area contributed by atoms with Crippen LogP contribution in [0.15, 0.2) is 42.9 Å². The molecule has 0 bridgehead atoms. The van der Waals surface area contributed by atoms with Crippen molar-refractivity contribution in [3.05, 3.63) is 54.1 Å². The molecule has 0 unspecified atom stereocenters. The van der Waals surface area contributed by atoms with Crippen LogP contribution in [0.1, 0.15) is 67.9 Å². The molecule has 5 rings (SSSR count). The number of thiocarbonyl (C=S) groups is 1. The van der Waals surface area contributed by atoms with Gasteiger partial charge in [-0.25, -0.2) is 0 Å². The standard InChI is InChI=1S/C22H28N4OS/c28-22-24-20(19-9-3-4-11-23-19)21(26(22)15-18-8-5-13-27-18)16-10-12-25(14-16)17-6-1-2-7-17/h3-4,9-12,14,17-18,20-21H,1-2,5-8,13,15H2,(H,24,28)/t18-,20+,21+/m0/s1. The third-order valence-corrected chi connectivity index (χ3v) is 6.80. The Morgan fingerprint density at radius 2 is 2.04 bits per heavy atom. The summed E-state index contributed by atoms with van der Waals surface area (Å²) in [7, 11) is 0. The predicted molar refractivity (Wildman–Crippen MR) is 113 cm³/mol. The molecule has 2 aromatic rings. The van der Waals surface area contributed by atoms with Crippen LogP contribution in [0.3, 0.4) is 0 Å². The van der Waals surface area contributed by atoms with Gasteiger partial charge in [0.05, 0.1) is 23.9 Å². The summed E-state index contributed by atoms with van der Waals surface area (Å²) in [6.07, 6.45) is 14.3. The zero-order valence-corrected chi connectivity index (χ0v) is 17.0. The molecule has 3 atom stereocenters. The van der Waals surface area contributed by atoms with E-state index in [-0.39, 0.29) is 18.2 Å². The Hall–Kier alpha value is -1.92. The minimum absolute atomic E-state index is 0.0644. The second kappa shape index (κ2) is 7.84. The van der Waals surface area contributed by atoms with Crippen LogP contribution in [0, 0.1) is 0 Å². The largest absolute Gasteiger partial charge is 0.376 e. The van der Waals surface area contributed by atoms with Gasteiger partial charge in [0.25, 0.3) is 0 Å². The zero-order valence-electron chi connectivity index (χ0n) is 16.2. The van der Waals surface area contributed by atoms with Gasteiger partial charge < -0.3 is 19.5 Å². The van der Waals surface area contributed by atoms with Gasteiger partial charge in [-0.05, 0) is 61.7 Å². The normalized spacial score (nSPS) is 28.2. The third-order valence-electron chi connectivity index (χ3n) is 6.45. The lowest BCUT2D eigenvalue weighted by Crippen LogP contribution is -2.36. The monoisotopic (exact) mass is 396 g/mol. The molecule has 2 aromatic heterocycles. The molecular weight excluding hydrogens is 368 g/mol. The van der Waals surface area contributed by atoms with Crippen molar-refractivity contribution in [1.29, 1.82) is 0 Å². The van der Waals surface area contributed by atoms with E-state index in [0.717, 1.165) is 36.8 Å². The number of aromatic nitrogens is 2. The number of hydrogen-bond donors (Lipinski definition) is 1. The summed E-state index contributed by atoms with van der Waals surface area (Å²) < 4.78 is 8.35. The molecule has 0 radical (unpaired) electrons. The molecule has 1 aliphatic carbocycles. The maximum absolute atomic E-state index is 5.92. The van der Waals surface area contributed by atoms with Gasteiger partial charge in [0.2, 0.25) is 0 Å². The second-order valence-corrected chi connectivity index (χ2v) is 8.63. The van der Waals surface area contributed by atoms with E-state index in [4.69, 9.17) is 17.0 Å². The lowest BCUT2D eigenvalue weighted by atomic mass is 9.99. The van der Waals surface area contributed by atoms with Crippen molar-refractivity contribution < 1.29 is 4.74 Å². The summed E-state index contributed by atoms with van der Waals surface area (Å²) >= 11 is 5.77. The van der Waals surface area contributed by atoms with Crippen molar-refractivity contribution in [1.82, 2.24) is 19.8 Å². The van der Waals surface area contributed by atoms with Crippen LogP contribution < -0.4 is 5.32 Å². The number of nitrogens with zero attached hydrogens (tertiary/aromatic N) is 3. The molecule has 28 heavy (non-hydrogen) atoms. The van der Waals surface area contributed by atoms with Crippen LogP contribution >= 0.6 is 12.2 Å². The van der Waals surface area contributed by atoms with Crippen molar-refractivity contribution in [2.24, 2.45) is 0 Å². The molecule has 148 valence electrons. The smallest absolute Gasteiger partial charge is 0.170 e. The summed E-state index contributed by atoms with van der Waals surface area (Å²) in [5.41, 5.74) is 2.35. The Balaban J connectivity index is 1.47. The summed E-state index contributed by atoms with van der Waals surface area (Å²) in [5, 5.41) is 4.36. The molecule has 1 N–H and O–H groups in total. The van der Waals surface area contributed by atoms with Gasteiger partial charge in [-0.15, -0.1) is 0 Å². The summed E-state index contributed by atoms with van der Waals surface area (Å²) in [4.78, 5) is 6.97. The van der Waals surface area contributed by atoms with Gasteiger partial charge in [-0.2, -0.15) is 0 Å². The first kappa shape index (κ1) is 18.1. The fourth-order valence-electron chi connectivity index (χ4n) is 5.01. The van der Waals surface area contributed by atoms with Crippen molar-refractivity contribution in [3.8, 4) is 0 Å². The van der Waals surface area contributed by atoms with Gasteiger partial charge in [-0.1, -0.05) is 18.9 Å². The number of rotatable bonds is 5. The van der Waals surface area contributed by atoms with E-state index in [2.05, 4.69) is 50.4 Å². The summed E-state index contributed by atoms with van der Waals surface area (Å²) in [6.45, 7) is 1.71. The number of hydrogen-bond acceptors (Lipinski definition) is 3. The molecule has 1 saturated carbocycles. The van der Waals surface area contributed by atoms with Gasteiger partial charge in [0.15, 0.2) is 5.11 Å². The average Bonchev–Trinajstić information content (AvgIpc) is 3.51. The van der Waals surface area contributed by atoms with Gasteiger partial charge in [-0.3, -0.25) is 4.98 Å². The number of pyridine rings is 1. The fraction of sp³-hybridized carbons (Fsp3) is 0.545. The van der Waals surface area contributed by atoms with Gasteiger partial charge in [0, 0.05) is 37.8 Å². The SMILES string of the molecule is S=C1N[C@H](c2ccccn2)[C@@H](c2ccn(C3CCCC3)c2)N1C[C@@H]1CCCO1. The van der Waals surface area contributed by atoms with Gasteiger partial charge >= 0.3 is 0 Å². The van der Waals surface area contributed by atoms with E-state index in [1.807, 2.05) is 12.3 Å². The van der Waals surface area contributed by atoms with Crippen LogP contribution in [-0.2, 0) is 4.74 Å². The summed E-state index contributed by atoms with van der Waals surface area (Å²) in [5.74, 6) is 0. The lowest BCUT2D eigenvalue weighted by molar-refractivity contribution is 0.0842. The third kappa shape index (κ3) is 3.44. The second-order valence-electron chi connectivity index (χ2n) is 8.24. The molecule has 3 aliphatic rings. The highest BCUT2D eigenvalue weighted by Gasteiger charge is 2.41. The van der Waals surface area contributed by atoms with Crippen molar-refractivity contribution in [2.45, 2.75) is 62.8 Å². The van der Waals surface area contributed by atoms with Crippen molar-refractivity contribution in [3.63, 3.8) is 0 Å². The van der Waals surface area contributed by atoms with Gasteiger partial charge in [0.1, 0.15) is 0 Å². The van der Waals surface area contributed by atoms with Crippen molar-refractivity contribution >= 4 is 17.3 Å². The van der Waals surface area contributed by atoms with Crippen LogP contribution in [0.25, 0.3) is 0 Å². The van der Waals surface area contributed by atoms with Crippen LogP contribution in [0.4, 0.5) is 0 Å². The highest BCUT2D eigenvalue weighted by molar-refractivity contribution is 7.80. The molecular formula is C22H28N4OS. The van der Waals surface area contributed by atoms with E-state index < -0.39 is 0 Å². The Morgan fingerprint density at radius 3 is 2.79 bits per heavy atom. The molecule has 4 heterocycles. The first-order valence-electron chi connectivity index (χ1n) is 10.6. The quantitative estimate of drug-likeness (QED) is 0.769. The number of ether oxygens (including phenoxy) is 1. The zero-order chi connectivity index (χ0) is 18.9. The Bertz CT molecular complexity index is 811. The minimum atomic E-state index is 0.0644. The van der Waals surface area contributed by atoms with Crippen LogP contribution in [0.2, 0.25) is 0 Å². The number of nitrogens with one attached hydrogen (secondary N) is 1. The summed E-state index contributed by atoms with van der Waals surface area (Å²) in [6, 6.07) is 9.25. The van der Waals surface area contributed by atoms with Crippen LogP contribution in [-0.4, -0.2) is 38.8 Å². The van der Waals surface area contributed by atoms with E-state index in [9.17, 15) is 0 Å². The Morgan fingerprint density at radius 1 is 1.14 bits per heavy atom. The molecule has 0 spiro atoms. The van der Waals surface area contributed by atoms with E-state index in [1.54, 1.807) is 0 Å². The maximum atomic E-state index is 5.92. The Kier molecular flexibility index (Phi) is 5.07. The molecule has 0 amide bonds. The van der Waals surface area contributed by atoms with E-state index in [0.29, 0.717) is 6.04 Å². The topological polar surface area (TPSA) is 42.3 Å². The first-order chi connectivity index (χ1) is 13.8. The van der Waals surface area contributed by atoms with E-state index in [1.165, 1.54) is 31.2 Å². The Labute approximate surface area is 172 Å². The predicted octanol–water partition coefficient (Wildman–Crippen LogP) is 4.15. The molecule has 6 heteroatoms. The first-order valence-corrected chi connectivity index (χ1v) is 11.0. The molecule has 3 fully saturated rings.